The van der Waals surface area contributed by atoms with Gasteiger partial charge in [0.25, 0.3) is 0 Å². The number of hydrogen-bond acceptors (Lipinski definition) is 2. The highest BCUT2D eigenvalue weighted by atomic mass is 32.2. The lowest BCUT2D eigenvalue weighted by atomic mass is 10.2. The fourth-order valence-corrected chi connectivity index (χ4v) is 2.61. The minimum absolute atomic E-state index is 0.847. The molecule has 0 N–H and O–H groups in total. The maximum atomic E-state index is 2.30. The van der Waals surface area contributed by atoms with Crippen LogP contribution in [0.4, 0.5) is 0 Å². The van der Waals surface area contributed by atoms with Crippen molar-refractivity contribution in [1.29, 1.82) is 0 Å². The van der Waals surface area contributed by atoms with E-state index in [0.29, 0.717) is 0 Å². The van der Waals surface area contributed by atoms with E-state index in [0.717, 1.165) is 5.92 Å². The molecule has 2 heteroatoms. The zero-order valence-corrected chi connectivity index (χ0v) is 8.67. The molecular weight excluding hydrogens is 172 g/mol. The predicted octanol–water partition coefficient (Wildman–Crippen LogP) is 3.89. The molecule has 0 fully saturated rings. The minimum atomic E-state index is 0.847. The average molecular weight is 186 g/mol. The topological polar surface area (TPSA) is 0 Å². The van der Waals surface area contributed by atoms with Crippen LogP contribution in [0.15, 0.2) is 21.7 Å². The van der Waals surface area contributed by atoms with Gasteiger partial charge in [0.05, 0.1) is 0 Å². The van der Waals surface area contributed by atoms with Crippen molar-refractivity contribution in [2.45, 2.75) is 25.2 Å². The van der Waals surface area contributed by atoms with Crippen molar-refractivity contribution in [2.24, 2.45) is 5.92 Å². The molecule has 1 aromatic rings. The normalized spacial score (nSPS) is 13.3. The molecular formula is C9H14S2. The quantitative estimate of drug-likeness (QED) is 0.643. The molecule has 0 spiro atoms. The van der Waals surface area contributed by atoms with Gasteiger partial charge in [0.2, 0.25) is 0 Å². The van der Waals surface area contributed by atoms with Crippen molar-refractivity contribution >= 4 is 23.1 Å². The predicted molar refractivity (Wildman–Crippen MR) is 54.5 cm³/mol. The van der Waals surface area contributed by atoms with Crippen molar-refractivity contribution in [2.75, 3.05) is 5.75 Å². The van der Waals surface area contributed by atoms with Crippen LogP contribution in [-0.4, -0.2) is 5.75 Å². The molecule has 0 aliphatic heterocycles. The Balaban J connectivity index is 2.23. The molecule has 0 aliphatic rings. The summed E-state index contributed by atoms with van der Waals surface area (Å²) in [6.45, 7) is 4.55. The van der Waals surface area contributed by atoms with Crippen LogP contribution in [0.1, 0.15) is 20.3 Å². The van der Waals surface area contributed by atoms with Crippen molar-refractivity contribution in [3.05, 3.63) is 16.8 Å². The van der Waals surface area contributed by atoms with Crippen molar-refractivity contribution in [3.8, 4) is 0 Å². The Morgan fingerprint density at radius 1 is 1.64 bits per heavy atom. The number of rotatable bonds is 4. The van der Waals surface area contributed by atoms with Gasteiger partial charge in [0.15, 0.2) is 0 Å². The fourth-order valence-electron chi connectivity index (χ4n) is 0.690. The standard InChI is InChI=1S/C9H14S2/c1-3-8(2)6-11-9-4-5-10-7-9/h4-5,7-8H,3,6H2,1-2H3/t8-/m1/s1. The molecule has 0 saturated carbocycles. The molecule has 1 heterocycles. The first kappa shape index (κ1) is 9.14. The van der Waals surface area contributed by atoms with Gasteiger partial charge < -0.3 is 0 Å². The summed E-state index contributed by atoms with van der Waals surface area (Å²) in [5.41, 5.74) is 0. The average Bonchev–Trinajstić information content (AvgIpc) is 2.52. The summed E-state index contributed by atoms with van der Waals surface area (Å²) in [5.74, 6) is 2.10. The van der Waals surface area contributed by atoms with E-state index in [4.69, 9.17) is 0 Å². The van der Waals surface area contributed by atoms with Gasteiger partial charge in [0, 0.05) is 16.0 Å². The van der Waals surface area contributed by atoms with E-state index in [1.165, 1.54) is 17.1 Å². The molecule has 0 amide bonds. The van der Waals surface area contributed by atoms with Gasteiger partial charge in [-0.3, -0.25) is 0 Å². The lowest BCUT2D eigenvalue weighted by Crippen LogP contribution is -1.94. The third-order valence-corrected chi connectivity index (χ3v) is 3.88. The van der Waals surface area contributed by atoms with E-state index in [9.17, 15) is 0 Å². The van der Waals surface area contributed by atoms with E-state index >= 15 is 0 Å². The van der Waals surface area contributed by atoms with E-state index in [2.05, 4.69) is 30.7 Å². The molecule has 0 nitrogen and oxygen atoms in total. The summed E-state index contributed by atoms with van der Waals surface area (Å²) >= 11 is 3.75. The van der Waals surface area contributed by atoms with Gasteiger partial charge in [-0.1, -0.05) is 20.3 Å². The van der Waals surface area contributed by atoms with Crippen LogP contribution < -0.4 is 0 Å². The maximum Gasteiger partial charge on any atom is 0.0179 e. The summed E-state index contributed by atoms with van der Waals surface area (Å²) in [6.07, 6.45) is 1.29. The monoisotopic (exact) mass is 186 g/mol. The largest absolute Gasteiger partial charge is 0.151 e. The van der Waals surface area contributed by atoms with Gasteiger partial charge in [-0.25, -0.2) is 0 Å². The summed E-state index contributed by atoms with van der Waals surface area (Å²) in [4.78, 5) is 1.43. The second kappa shape index (κ2) is 4.83. The van der Waals surface area contributed by atoms with Crippen molar-refractivity contribution in [1.82, 2.24) is 0 Å². The molecule has 0 saturated heterocycles. The van der Waals surface area contributed by atoms with Crippen LogP contribution in [0.25, 0.3) is 0 Å². The first-order valence-electron chi connectivity index (χ1n) is 3.98. The van der Waals surface area contributed by atoms with Crippen molar-refractivity contribution in [3.63, 3.8) is 0 Å². The molecule has 0 aromatic carbocycles. The third-order valence-electron chi connectivity index (χ3n) is 1.73. The zero-order valence-electron chi connectivity index (χ0n) is 7.04. The zero-order chi connectivity index (χ0) is 8.10. The van der Waals surface area contributed by atoms with E-state index in [1.54, 1.807) is 11.3 Å². The van der Waals surface area contributed by atoms with Gasteiger partial charge in [-0.15, -0.1) is 11.8 Å². The van der Waals surface area contributed by atoms with Crippen LogP contribution in [-0.2, 0) is 0 Å². The molecule has 0 unspecified atom stereocenters. The third kappa shape index (κ3) is 3.30. The smallest absolute Gasteiger partial charge is 0.0179 e. The Kier molecular flexibility index (Phi) is 4.02. The highest BCUT2D eigenvalue weighted by Gasteiger charge is 1.99. The molecule has 1 atom stereocenters. The summed E-state index contributed by atoms with van der Waals surface area (Å²) in [7, 11) is 0. The van der Waals surface area contributed by atoms with Crippen LogP contribution in [0.2, 0.25) is 0 Å². The lowest BCUT2D eigenvalue weighted by molar-refractivity contribution is 0.637. The SMILES string of the molecule is CC[C@@H](C)CSc1ccsc1. The summed E-state index contributed by atoms with van der Waals surface area (Å²) in [6, 6.07) is 2.19. The summed E-state index contributed by atoms with van der Waals surface area (Å²) in [5, 5.41) is 4.35. The Morgan fingerprint density at radius 3 is 3.00 bits per heavy atom. The molecule has 1 aromatic heterocycles. The van der Waals surface area contributed by atoms with Crippen LogP contribution >= 0.6 is 23.1 Å². The van der Waals surface area contributed by atoms with Gasteiger partial charge >= 0.3 is 0 Å². The minimum Gasteiger partial charge on any atom is -0.151 e. The molecule has 62 valence electrons. The molecule has 11 heavy (non-hydrogen) atoms. The van der Waals surface area contributed by atoms with Gasteiger partial charge in [-0.05, 0) is 17.4 Å². The van der Waals surface area contributed by atoms with Gasteiger partial charge in [0.1, 0.15) is 0 Å². The second-order valence-electron chi connectivity index (χ2n) is 2.78. The first-order chi connectivity index (χ1) is 5.33. The van der Waals surface area contributed by atoms with Crippen LogP contribution in [0.5, 0.6) is 0 Å². The van der Waals surface area contributed by atoms with E-state index < -0.39 is 0 Å². The molecule has 1 rings (SSSR count). The fraction of sp³-hybridized carbons (Fsp3) is 0.556. The lowest BCUT2D eigenvalue weighted by Gasteiger charge is -2.05. The number of thiophene rings is 1. The Hall–Kier alpha value is 0.0500. The van der Waals surface area contributed by atoms with Crippen molar-refractivity contribution < 1.29 is 0 Å². The van der Waals surface area contributed by atoms with Crippen LogP contribution in [0, 0.1) is 5.92 Å². The van der Waals surface area contributed by atoms with E-state index in [-0.39, 0.29) is 0 Å². The maximum absolute atomic E-state index is 2.30. The number of hydrogen-bond donors (Lipinski definition) is 0. The van der Waals surface area contributed by atoms with Gasteiger partial charge in [-0.2, -0.15) is 11.3 Å². The highest BCUT2D eigenvalue weighted by Crippen LogP contribution is 2.23. The summed E-state index contributed by atoms with van der Waals surface area (Å²) < 4.78 is 0. The first-order valence-corrected chi connectivity index (χ1v) is 5.90. The Labute approximate surface area is 77.0 Å². The highest BCUT2D eigenvalue weighted by molar-refractivity contribution is 7.99. The second-order valence-corrected chi connectivity index (χ2v) is 4.66. The van der Waals surface area contributed by atoms with E-state index in [1.807, 2.05) is 11.8 Å². The molecule has 0 bridgehead atoms. The number of thioether (sulfide) groups is 1. The molecule has 0 aliphatic carbocycles. The molecule has 0 radical (unpaired) electrons. The Morgan fingerprint density at radius 2 is 2.45 bits per heavy atom. The Bertz CT molecular complexity index is 179. The van der Waals surface area contributed by atoms with Crippen LogP contribution in [0.3, 0.4) is 0 Å².